The predicted molar refractivity (Wildman–Crippen MR) is 90.7 cm³/mol. The van der Waals surface area contributed by atoms with Gasteiger partial charge in [0.15, 0.2) is 0 Å². The molecular formula is C18H22N2O2. The largest absolute Gasteiger partial charge is 0.497 e. The van der Waals surface area contributed by atoms with Crippen molar-refractivity contribution in [3.8, 4) is 5.75 Å². The molecule has 0 aromatic heterocycles. The zero-order valence-electron chi connectivity index (χ0n) is 13.3. The number of nitrogens with one attached hydrogen (secondary N) is 2. The first-order chi connectivity index (χ1) is 10.6. The summed E-state index contributed by atoms with van der Waals surface area (Å²) in [7, 11) is 1.60. The molecule has 0 fully saturated rings. The lowest BCUT2D eigenvalue weighted by Crippen LogP contribution is -2.22. The van der Waals surface area contributed by atoms with E-state index in [1.807, 2.05) is 37.3 Å². The first-order valence-electron chi connectivity index (χ1n) is 7.40. The predicted octanol–water partition coefficient (Wildman–Crippen LogP) is 3.62. The van der Waals surface area contributed by atoms with Crippen LogP contribution in [-0.2, 0) is 11.2 Å². The summed E-state index contributed by atoms with van der Waals surface area (Å²) in [6.45, 7) is 4.38. The van der Waals surface area contributed by atoms with Crippen molar-refractivity contribution in [2.45, 2.75) is 20.3 Å². The van der Waals surface area contributed by atoms with Crippen LogP contribution in [0.2, 0.25) is 0 Å². The van der Waals surface area contributed by atoms with Gasteiger partial charge in [0, 0.05) is 17.4 Å². The Bertz CT molecular complexity index is 653. The van der Waals surface area contributed by atoms with E-state index in [1.54, 1.807) is 13.2 Å². The molecule has 4 nitrogen and oxygen atoms in total. The van der Waals surface area contributed by atoms with Crippen LogP contribution in [0, 0.1) is 6.92 Å². The second kappa shape index (κ2) is 7.50. The molecule has 0 bridgehead atoms. The van der Waals surface area contributed by atoms with Crippen molar-refractivity contribution in [2.24, 2.45) is 0 Å². The molecule has 22 heavy (non-hydrogen) atoms. The fourth-order valence-corrected chi connectivity index (χ4v) is 2.35. The van der Waals surface area contributed by atoms with Crippen molar-refractivity contribution < 1.29 is 9.53 Å². The van der Waals surface area contributed by atoms with Gasteiger partial charge in [0.2, 0.25) is 5.91 Å². The molecule has 116 valence electrons. The summed E-state index contributed by atoms with van der Waals surface area (Å²) in [5.74, 6) is 0.636. The van der Waals surface area contributed by atoms with Crippen molar-refractivity contribution in [3.05, 3.63) is 53.6 Å². The summed E-state index contributed by atoms with van der Waals surface area (Å²) in [5, 5.41) is 6.10. The highest BCUT2D eigenvalue weighted by molar-refractivity contribution is 5.94. The second-order valence-electron chi connectivity index (χ2n) is 5.10. The van der Waals surface area contributed by atoms with E-state index in [0.717, 1.165) is 29.1 Å². The highest BCUT2D eigenvalue weighted by Gasteiger charge is 2.07. The zero-order chi connectivity index (χ0) is 15.9. The Hall–Kier alpha value is -2.49. The van der Waals surface area contributed by atoms with E-state index < -0.39 is 0 Å². The van der Waals surface area contributed by atoms with E-state index in [0.29, 0.717) is 0 Å². The standard InChI is InChI=1S/C18H22N2O2/c1-4-14-8-5-7-13(2)18(14)19-12-17(21)20-15-9-6-10-16(11-15)22-3/h5-11,19H,4,12H2,1-3H3,(H,20,21). The van der Waals surface area contributed by atoms with Crippen LogP contribution in [0.25, 0.3) is 0 Å². The molecule has 0 heterocycles. The molecule has 0 radical (unpaired) electrons. The summed E-state index contributed by atoms with van der Waals surface area (Å²) in [6.07, 6.45) is 0.932. The van der Waals surface area contributed by atoms with Gasteiger partial charge in [-0.25, -0.2) is 0 Å². The Morgan fingerprint density at radius 1 is 1.18 bits per heavy atom. The normalized spacial score (nSPS) is 10.1. The van der Waals surface area contributed by atoms with Crippen molar-refractivity contribution in [1.82, 2.24) is 0 Å². The number of hydrogen-bond acceptors (Lipinski definition) is 3. The van der Waals surface area contributed by atoms with Gasteiger partial charge >= 0.3 is 0 Å². The lowest BCUT2D eigenvalue weighted by Gasteiger charge is -2.14. The summed E-state index contributed by atoms with van der Waals surface area (Å²) in [5.41, 5.74) is 4.14. The fraction of sp³-hybridized carbons (Fsp3) is 0.278. The van der Waals surface area contributed by atoms with Gasteiger partial charge in [-0.15, -0.1) is 0 Å². The highest BCUT2D eigenvalue weighted by Crippen LogP contribution is 2.21. The van der Waals surface area contributed by atoms with E-state index in [-0.39, 0.29) is 12.5 Å². The first kappa shape index (κ1) is 15.9. The maximum atomic E-state index is 12.1. The topological polar surface area (TPSA) is 50.4 Å². The number of carbonyl (C=O) groups is 1. The quantitative estimate of drug-likeness (QED) is 0.856. The Morgan fingerprint density at radius 2 is 1.95 bits per heavy atom. The van der Waals surface area contributed by atoms with Crippen LogP contribution in [0.5, 0.6) is 5.75 Å². The van der Waals surface area contributed by atoms with Gasteiger partial charge in [-0.3, -0.25) is 4.79 Å². The van der Waals surface area contributed by atoms with E-state index >= 15 is 0 Å². The number of aryl methyl sites for hydroxylation is 2. The van der Waals surface area contributed by atoms with Gasteiger partial charge in [-0.05, 0) is 36.6 Å². The van der Waals surface area contributed by atoms with Crippen LogP contribution < -0.4 is 15.4 Å². The average Bonchev–Trinajstić information content (AvgIpc) is 2.53. The molecule has 2 N–H and O–H groups in total. The second-order valence-corrected chi connectivity index (χ2v) is 5.10. The first-order valence-corrected chi connectivity index (χ1v) is 7.40. The Kier molecular flexibility index (Phi) is 5.42. The van der Waals surface area contributed by atoms with E-state index in [9.17, 15) is 4.79 Å². The monoisotopic (exact) mass is 298 g/mol. The van der Waals surface area contributed by atoms with Crippen LogP contribution in [0.4, 0.5) is 11.4 Å². The molecule has 2 aromatic carbocycles. The maximum Gasteiger partial charge on any atom is 0.243 e. The lowest BCUT2D eigenvalue weighted by molar-refractivity contribution is -0.114. The number of para-hydroxylation sites is 1. The molecule has 0 aliphatic carbocycles. The highest BCUT2D eigenvalue weighted by atomic mass is 16.5. The number of amides is 1. The smallest absolute Gasteiger partial charge is 0.243 e. The molecule has 0 atom stereocenters. The summed E-state index contributed by atoms with van der Waals surface area (Å²) in [6, 6.07) is 13.5. The molecular weight excluding hydrogens is 276 g/mol. The minimum Gasteiger partial charge on any atom is -0.497 e. The van der Waals surface area contributed by atoms with E-state index in [1.165, 1.54) is 5.56 Å². The van der Waals surface area contributed by atoms with Crippen molar-refractivity contribution in [1.29, 1.82) is 0 Å². The number of methoxy groups -OCH3 is 1. The van der Waals surface area contributed by atoms with Gasteiger partial charge < -0.3 is 15.4 Å². The van der Waals surface area contributed by atoms with Crippen LogP contribution in [0.1, 0.15) is 18.1 Å². The molecule has 2 aromatic rings. The molecule has 0 spiro atoms. The average molecular weight is 298 g/mol. The maximum absolute atomic E-state index is 12.1. The molecule has 0 unspecified atom stereocenters. The fourth-order valence-electron chi connectivity index (χ4n) is 2.35. The van der Waals surface area contributed by atoms with E-state index in [4.69, 9.17) is 4.74 Å². The third kappa shape index (κ3) is 4.01. The molecule has 2 rings (SSSR count). The van der Waals surface area contributed by atoms with Crippen LogP contribution in [-0.4, -0.2) is 19.6 Å². The number of hydrogen-bond donors (Lipinski definition) is 2. The van der Waals surface area contributed by atoms with Crippen LogP contribution in [0.3, 0.4) is 0 Å². The minimum absolute atomic E-state index is 0.0847. The van der Waals surface area contributed by atoms with Crippen LogP contribution in [0.15, 0.2) is 42.5 Å². The van der Waals surface area contributed by atoms with Crippen molar-refractivity contribution in [2.75, 3.05) is 24.3 Å². The Balaban J connectivity index is 1.98. The number of ether oxygens (including phenoxy) is 1. The lowest BCUT2D eigenvalue weighted by atomic mass is 10.1. The minimum atomic E-state index is -0.0847. The van der Waals surface area contributed by atoms with Gasteiger partial charge in [0.1, 0.15) is 5.75 Å². The summed E-state index contributed by atoms with van der Waals surface area (Å²) >= 11 is 0. The number of carbonyl (C=O) groups excluding carboxylic acids is 1. The van der Waals surface area contributed by atoms with Gasteiger partial charge in [0.05, 0.1) is 13.7 Å². The number of rotatable bonds is 6. The van der Waals surface area contributed by atoms with E-state index in [2.05, 4.69) is 23.6 Å². The summed E-state index contributed by atoms with van der Waals surface area (Å²) < 4.78 is 5.14. The molecule has 1 amide bonds. The molecule has 0 saturated heterocycles. The molecule has 0 aliphatic rings. The number of benzene rings is 2. The Labute approximate surface area is 131 Å². The van der Waals surface area contributed by atoms with Crippen LogP contribution >= 0.6 is 0 Å². The zero-order valence-corrected chi connectivity index (χ0v) is 13.3. The van der Waals surface area contributed by atoms with Crippen molar-refractivity contribution >= 4 is 17.3 Å². The van der Waals surface area contributed by atoms with Gasteiger partial charge in [0.25, 0.3) is 0 Å². The third-order valence-corrected chi connectivity index (χ3v) is 3.52. The summed E-state index contributed by atoms with van der Waals surface area (Å²) in [4.78, 5) is 12.1. The van der Waals surface area contributed by atoms with Gasteiger partial charge in [-0.2, -0.15) is 0 Å². The van der Waals surface area contributed by atoms with Gasteiger partial charge in [-0.1, -0.05) is 31.2 Å². The van der Waals surface area contributed by atoms with Crippen molar-refractivity contribution in [3.63, 3.8) is 0 Å². The Morgan fingerprint density at radius 3 is 2.68 bits per heavy atom. The molecule has 0 saturated carbocycles. The molecule has 0 aliphatic heterocycles. The SMILES string of the molecule is CCc1cccc(C)c1NCC(=O)Nc1cccc(OC)c1. The molecule has 4 heteroatoms. The number of anilines is 2. The third-order valence-electron chi connectivity index (χ3n) is 3.52.